The summed E-state index contributed by atoms with van der Waals surface area (Å²) in [6, 6.07) is 0. The van der Waals surface area contributed by atoms with Crippen LogP contribution >= 0.6 is 15.6 Å². The van der Waals surface area contributed by atoms with Crippen LogP contribution in [-0.4, -0.2) is 96.7 Å². The van der Waals surface area contributed by atoms with Crippen LogP contribution in [0.25, 0.3) is 0 Å². The number of phosphoric ester groups is 2. The lowest BCUT2D eigenvalue weighted by Crippen LogP contribution is -2.30. The molecule has 546 valence electrons. The van der Waals surface area contributed by atoms with Gasteiger partial charge in [-0.05, 0) is 49.4 Å². The van der Waals surface area contributed by atoms with E-state index in [4.69, 9.17) is 37.0 Å². The van der Waals surface area contributed by atoms with E-state index in [2.05, 4.69) is 55.4 Å². The summed E-state index contributed by atoms with van der Waals surface area (Å²) in [5.41, 5.74) is 0. The Bertz CT molecular complexity index is 1820. The molecule has 0 bridgehead atoms. The van der Waals surface area contributed by atoms with Gasteiger partial charge in [-0.1, -0.05) is 312 Å². The van der Waals surface area contributed by atoms with Gasteiger partial charge in [-0.15, -0.1) is 0 Å². The summed E-state index contributed by atoms with van der Waals surface area (Å²) in [6.45, 7) is 14.1. The van der Waals surface area contributed by atoms with Crippen molar-refractivity contribution in [3.8, 4) is 0 Å². The summed E-state index contributed by atoms with van der Waals surface area (Å²) in [6.07, 6.45) is 45.8. The maximum absolute atomic E-state index is 13.0. The number of phosphoric acid groups is 2. The van der Waals surface area contributed by atoms with E-state index in [1.54, 1.807) is 0 Å². The molecule has 0 amide bonds. The number of carbonyl (C=O) groups excluding carboxylic acids is 4. The summed E-state index contributed by atoms with van der Waals surface area (Å²) < 4.78 is 68.4. The first kappa shape index (κ1) is 90.1. The first-order valence-electron chi connectivity index (χ1n) is 37.7. The fourth-order valence-electron chi connectivity index (χ4n) is 11.0. The third kappa shape index (κ3) is 65.4. The molecule has 0 aromatic heterocycles. The minimum Gasteiger partial charge on any atom is -0.462 e. The fraction of sp³-hybridized carbons (Fsp3) is 0.945. The Kier molecular flexibility index (Phi) is 61.3. The number of aliphatic hydroxyl groups excluding tert-OH is 1. The topological polar surface area (TPSA) is 237 Å². The molecule has 0 aliphatic carbocycles. The molecule has 3 N–H and O–H groups in total. The standard InChI is InChI=1S/C73H142O17P2/c1-9-66(8)52-44-36-27-21-17-18-22-28-37-45-53-70(75)83-59-68(89-73(78)56-48-40-30-24-16-12-14-20-26-34-42-50-64(4)5)61-87-91(79,80)85-57-67(74)58-86-92(81,82)88-62-69(60-84-71(76)54-46-38-32-31-35-43-51-65(6)7)90-72(77)55-47-39-29-23-15-11-10-13-19-25-33-41-49-63(2)3/h63-69,74H,9-62H2,1-8H3,(H,79,80)(H,81,82)/t66?,67-,68-,69-/m1/s1. The highest BCUT2D eigenvalue weighted by atomic mass is 31.2. The molecule has 0 fully saturated rings. The largest absolute Gasteiger partial charge is 0.472 e. The van der Waals surface area contributed by atoms with Crippen molar-refractivity contribution >= 4 is 39.5 Å². The first-order valence-corrected chi connectivity index (χ1v) is 40.7. The van der Waals surface area contributed by atoms with Crippen LogP contribution in [0.1, 0.15) is 364 Å². The van der Waals surface area contributed by atoms with E-state index in [0.29, 0.717) is 31.6 Å². The van der Waals surface area contributed by atoms with E-state index in [9.17, 15) is 43.2 Å². The lowest BCUT2D eigenvalue weighted by atomic mass is 9.99. The molecule has 92 heavy (non-hydrogen) atoms. The molecule has 0 rings (SSSR count). The van der Waals surface area contributed by atoms with Crippen LogP contribution in [0.5, 0.6) is 0 Å². The van der Waals surface area contributed by atoms with Crippen molar-refractivity contribution in [3.05, 3.63) is 0 Å². The molecule has 0 spiro atoms. The zero-order valence-electron chi connectivity index (χ0n) is 60.2. The van der Waals surface area contributed by atoms with Crippen LogP contribution < -0.4 is 0 Å². The summed E-state index contributed by atoms with van der Waals surface area (Å²) in [5.74, 6) is 0.905. The van der Waals surface area contributed by atoms with Crippen LogP contribution in [0.4, 0.5) is 0 Å². The number of aliphatic hydroxyl groups is 1. The second-order valence-corrected chi connectivity index (χ2v) is 30.9. The second kappa shape index (κ2) is 62.6. The lowest BCUT2D eigenvalue weighted by molar-refractivity contribution is -0.161. The molecule has 19 heteroatoms. The molecule has 17 nitrogen and oxygen atoms in total. The molecule has 0 aliphatic heterocycles. The molecular formula is C73H142O17P2. The Morgan fingerprint density at radius 3 is 0.772 bits per heavy atom. The molecule has 0 aromatic rings. The number of hydrogen-bond donors (Lipinski definition) is 3. The molecule has 3 unspecified atom stereocenters. The van der Waals surface area contributed by atoms with Crippen molar-refractivity contribution < 1.29 is 80.2 Å². The van der Waals surface area contributed by atoms with Gasteiger partial charge in [-0.3, -0.25) is 37.3 Å². The van der Waals surface area contributed by atoms with E-state index in [1.165, 1.54) is 161 Å². The highest BCUT2D eigenvalue weighted by Crippen LogP contribution is 2.45. The Morgan fingerprint density at radius 2 is 0.522 bits per heavy atom. The van der Waals surface area contributed by atoms with Crippen LogP contribution in [-0.2, 0) is 65.4 Å². The van der Waals surface area contributed by atoms with Gasteiger partial charge in [0.25, 0.3) is 0 Å². The van der Waals surface area contributed by atoms with Gasteiger partial charge in [-0.25, -0.2) is 9.13 Å². The van der Waals surface area contributed by atoms with Gasteiger partial charge < -0.3 is 33.8 Å². The SMILES string of the molecule is CCC(C)CCCCCCCCCCCCC(=O)OC[C@H](COP(=O)(O)OC[C@@H](O)COP(=O)(O)OC[C@@H](COC(=O)CCCCCCCCC(C)C)OC(=O)CCCCCCCCCCCCCCC(C)C)OC(=O)CCCCCCCCCCCCCC(C)C. The van der Waals surface area contributed by atoms with Gasteiger partial charge in [0.2, 0.25) is 0 Å². The normalized spacial score (nSPS) is 14.5. The molecule has 0 saturated carbocycles. The summed E-state index contributed by atoms with van der Waals surface area (Å²) in [7, 11) is -9.91. The zero-order valence-corrected chi connectivity index (χ0v) is 62.0. The molecule has 0 radical (unpaired) electrons. The maximum Gasteiger partial charge on any atom is 0.472 e. The molecule has 0 aliphatic rings. The van der Waals surface area contributed by atoms with Crippen molar-refractivity contribution in [2.75, 3.05) is 39.6 Å². The van der Waals surface area contributed by atoms with Crippen molar-refractivity contribution in [1.29, 1.82) is 0 Å². The zero-order chi connectivity index (χ0) is 68.2. The Hall–Kier alpha value is -1.94. The van der Waals surface area contributed by atoms with E-state index >= 15 is 0 Å². The predicted molar refractivity (Wildman–Crippen MR) is 372 cm³/mol. The van der Waals surface area contributed by atoms with E-state index in [-0.39, 0.29) is 25.7 Å². The molecular weight excluding hydrogens is 1210 g/mol. The fourth-order valence-corrected chi connectivity index (χ4v) is 12.6. The van der Waals surface area contributed by atoms with Crippen LogP contribution in [0.15, 0.2) is 0 Å². The molecule has 0 saturated heterocycles. The lowest BCUT2D eigenvalue weighted by Gasteiger charge is -2.21. The average Bonchev–Trinajstić information content (AvgIpc) is 1.83. The van der Waals surface area contributed by atoms with Crippen LogP contribution in [0.2, 0.25) is 0 Å². The van der Waals surface area contributed by atoms with Gasteiger partial charge in [0, 0.05) is 25.7 Å². The monoisotopic (exact) mass is 1350 g/mol. The summed E-state index contributed by atoms with van der Waals surface area (Å²) in [5, 5.41) is 10.6. The quantitative estimate of drug-likeness (QED) is 0.0222. The van der Waals surface area contributed by atoms with Gasteiger partial charge in [0.1, 0.15) is 19.3 Å². The smallest absolute Gasteiger partial charge is 0.462 e. The van der Waals surface area contributed by atoms with Gasteiger partial charge in [0.05, 0.1) is 26.4 Å². The van der Waals surface area contributed by atoms with Crippen molar-refractivity contribution in [2.45, 2.75) is 382 Å². The molecule has 0 aromatic carbocycles. The third-order valence-electron chi connectivity index (χ3n) is 17.2. The van der Waals surface area contributed by atoms with Crippen molar-refractivity contribution in [1.82, 2.24) is 0 Å². The van der Waals surface area contributed by atoms with E-state index in [1.807, 2.05) is 0 Å². The summed E-state index contributed by atoms with van der Waals surface area (Å²) >= 11 is 0. The van der Waals surface area contributed by atoms with E-state index < -0.39 is 97.5 Å². The minimum atomic E-state index is -4.96. The van der Waals surface area contributed by atoms with Gasteiger partial charge in [-0.2, -0.15) is 0 Å². The van der Waals surface area contributed by atoms with Crippen LogP contribution in [0, 0.1) is 23.7 Å². The van der Waals surface area contributed by atoms with Crippen molar-refractivity contribution in [2.24, 2.45) is 23.7 Å². The number of hydrogen-bond acceptors (Lipinski definition) is 15. The minimum absolute atomic E-state index is 0.105. The Morgan fingerprint density at radius 1 is 0.304 bits per heavy atom. The first-order chi connectivity index (χ1) is 44.1. The predicted octanol–water partition coefficient (Wildman–Crippen LogP) is 20.9. The average molecular weight is 1350 g/mol. The van der Waals surface area contributed by atoms with Gasteiger partial charge >= 0.3 is 39.5 Å². The maximum atomic E-state index is 13.0. The molecule has 0 heterocycles. The molecule has 6 atom stereocenters. The summed E-state index contributed by atoms with van der Waals surface area (Å²) in [4.78, 5) is 72.7. The number of esters is 4. The van der Waals surface area contributed by atoms with Crippen LogP contribution in [0.3, 0.4) is 0 Å². The number of carbonyl (C=O) groups is 4. The second-order valence-electron chi connectivity index (χ2n) is 28.0. The third-order valence-corrected chi connectivity index (χ3v) is 19.1. The number of ether oxygens (including phenoxy) is 4. The van der Waals surface area contributed by atoms with E-state index in [0.717, 1.165) is 114 Å². The van der Waals surface area contributed by atoms with Gasteiger partial charge in [0.15, 0.2) is 12.2 Å². The number of unbranched alkanes of at least 4 members (excludes halogenated alkanes) is 35. The highest BCUT2D eigenvalue weighted by molar-refractivity contribution is 7.47. The Labute approximate surface area is 562 Å². The number of rotatable bonds is 70. The van der Waals surface area contributed by atoms with Crippen molar-refractivity contribution in [3.63, 3.8) is 0 Å². The highest BCUT2D eigenvalue weighted by Gasteiger charge is 2.30. The Balaban J connectivity index is 5.25.